The van der Waals surface area contributed by atoms with Gasteiger partial charge in [-0.1, -0.05) is 23.4 Å². The Bertz CT molecular complexity index is 562. The largest absolute Gasteiger partial charge is 0.493 e. The van der Waals surface area contributed by atoms with Gasteiger partial charge in [0.25, 0.3) is 0 Å². The molecule has 1 aromatic heterocycles. The maximum atomic E-state index is 5.66. The van der Waals surface area contributed by atoms with Crippen LogP contribution in [0.4, 0.5) is 0 Å². The van der Waals surface area contributed by atoms with Gasteiger partial charge in [0.2, 0.25) is 5.89 Å². The summed E-state index contributed by atoms with van der Waals surface area (Å²) < 4.78 is 11.1. The Morgan fingerprint density at radius 3 is 2.95 bits per heavy atom. The molecule has 21 heavy (non-hydrogen) atoms. The zero-order chi connectivity index (χ0) is 14.5. The molecule has 2 aromatic rings. The molecule has 5 nitrogen and oxygen atoms in total. The first-order valence-electron chi connectivity index (χ1n) is 7.48. The molecule has 3 rings (SSSR count). The molecule has 1 aliphatic rings. The second-order valence-corrected chi connectivity index (χ2v) is 5.77. The Hall–Kier alpha value is -1.88. The van der Waals surface area contributed by atoms with E-state index in [0.29, 0.717) is 18.9 Å². The van der Waals surface area contributed by atoms with Crippen molar-refractivity contribution in [2.45, 2.75) is 31.6 Å². The van der Waals surface area contributed by atoms with E-state index in [1.807, 2.05) is 30.3 Å². The highest BCUT2D eigenvalue weighted by Crippen LogP contribution is 2.29. The van der Waals surface area contributed by atoms with Gasteiger partial charge in [0.05, 0.1) is 12.0 Å². The molecule has 112 valence electrons. The number of piperidine rings is 1. The number of hydrogen-bond acceptors (Lipinski definition) is 5. The fourth-order valence-corrected chi connectivity index (χ4v) is 2.62. The first kappa shape index (κ1) is 14.1. The molecule has 0 bridgehead atoms. The molecule has 0 saturated carbocycles. The van der Waals surface area contributed by atoms with E-state index in [1.54, 1.807) is 0 Å². The summed E-state index contributed by atoms with van der Waals surface area (Å²) in [6.07, 6.45) is 2.88. The van der Waals surface area contributed by atoms with E-state index in [1.165, 1.54) is 0 Å². The third kappa shape index (κ3) is 3.42. The minimum Gasteiger partial charge on any atom is -0.493 e. The van der Waals surface area contributed by atoms with E-state index in [4.69, 9.17) is 9.26 Å². The summed E-state index contributed by atoms with van der Waals surface area (Å²) in [5.74, 6) is 2.32. The van der Waals surface area contributed by atoms with Crippen LogP contribution in [-0.4, -0.2) is 29.8 Å². The van der Waals surface area contributed by atoms with Crippen LogP contribution in [-0.2, 0) is 11.8 Å². The first-order chi connectivity index (χ1) is 10.3. The summed E-state index contributed by atoms with van der Waals surface area (Å²) in [6, 6.07) is 9.77. The van der Waals surface area contributed by atoms with E-state index >= 15 is 0 Å². The standard InChI is InChI=1S/C16H21N3O2/c1-16(9-5-10-17-12-16)15-18-14(19-21-15)8-11-20-13-6-3-2-4-7-13/h2-4,6-7,17H,5,8-12H2,1H3. The SMILES string of the molecule is CC1(c2nc(CCOc3ccccc3)no2)CCCNC1. The summed E-state index contributed by atoms with van der Waals surface area (Å²) >= 11 is 0. The number of benzene rings is 1. The lowest BCUT2D eigenvalue weighted by Gasteiger charge is -2.30. The van der Waals surface area contributed by atoms with E-state index in [0.717, 1.165) is 37.6 Å². The highest BCUT2D eigenvalue weighted by Gasteiger charge is 2.34. The zero-order valence-corrected chi connectivity index (χ0v) is 12.3. The lowest BCUT2D eigenvalue weighted by molar-refractivity contribution is 0.244. The molecule has 1 atom stereocenters. The molecule has 2 heterocycles. The van der Waals surface area contributed by atoms with Gasteiger partial charge in [0.1, 0.15) is 5.75 Å². The van der Waals surface area contributed by atoms with Crippen LogP contribution in [0.1, 0.15) is 31.5 Å². The molecular formula is C16H21N3O2. The Morgan fingerprint density at radius 1 is 1.33 bits per heavy atom. The van der Waals surface area contributed by atoms with Crippen LogP contribution in [0, 0.1) is 0 Å². The number of ether oxygens (including phenoxy) is 1. The third-order valence-electron chi connectivity index (χ3n) is 3.92. The van der Waals surface area contributed by atoms with Gasteiger partial charge >= 0.3 is 0 Å². The van der Waals surface area contributed by atoms with E-state index in [-0.39, 0.29) is 5.41 Å². The van der Waals surface area contributed by atoms with Crippen molar-refractivity contribution in [3.63, 3.8) is 0 Å². The number of rotatable bonds is 5. The van der Waals surface area contributed by atoms with Crippen molar-refractivity contribution >= 4 is 0 Å². The van der Waals surface area contributed by atoms with E-state index in [9.17, 15) is 0 Å². The van der Waals surface area contributed by atoms with Gasteiger partial charge in [-0.05, 0) is 38.4 Å². The summed E-state index contributed by atoms with van der Waals surface area (Å²) in [7, 11) is 0. The van der Waals surface area contributed by atoms with Crippen molar-refractivity contribution in [2.75, 3.05) is 19.7 Å². The summed E-state index contributed by atoms with van der Waals surface area (Å²) in [6.45, 7) is 4.70. The fourth-order valence-electron chi connectivity index (χ4n) is 2.62. The minimum absolute atomic E-state index is 0.0379. The van der Waals surface area contributed by atoms with Crippen LogP contribution < -0.4 is 10.1 Å². The Balaban J connectivity index is 1.55. The van der Waals surface area contributed by atoms with Crippen molar-refractivity contribution < 1.29 is 9.26 Å². The van der Waals surface area contributed by atoms with Gasteiger partial charge in [-0.3, -0.25) is 0 Å². The van der Waals surface area contributed by atoms with Crippen LogP contribution in [0.2, 0.25) is 0 Å². The monoisotopic (exact) mass is 287 g/mol. The molecule has 5 heteroatoms. The second kappa shape index (κ2) is 6.26. The van der Waals surface area contributed by atoms with E-state index in [2.05, 4.69) is 22.4 Å². The molecule has 1 saturated heterocycles. The Kier molecular flexibility index (Phi) is 4.20. The highest BCUT2D eigenvalue weighted by molar-refractivity contribution is 5.20. The average molecular weight is 287 g/mol. The molecule has 0 spiro atoms. The van der Waals surface area contributed by atoms with Gasteiger partial charge in [0.15, 0.2) is 5.82 Å². The zero-order valence-electron chi connectivity index (χ0n) is 12.3. The number of hydrogen-bond donors (Lipinski definition) is 1. The lowest BCUT2D eigenvalue weighted by atomic mass is 9.83. The van der Waals surface area contributed by atoms with Crippen LogP contribution in [0.15, 0.2) is 34.9 Å². The van der Waals surface area contributed by atoms with Gasteiger partial charge in [0, 0.05) is 13.0 Å². The molecule has 1 aromatic carbocycles. The Morgan fingerprint density at radius 2 is 2.19 bits per heavy atom. The van der Waals surface area contributed by atoms with Crippen molar-refractivity contribution in [3.05, 3.63) is 42.0 Å². The molecular weight excluding hydrogens is 266 g/mol. The minimum atomic E-state index is -0.0379. The number of para-hydroxylation sites is 1. The molecule has 0 radical (unpaired) electrons. The molecule has 0 aliphatic carbocycles. The molecule has 1 fully saturated rings. The smallest absolute Gasteiger partial charge is 0.233 e. The normalized spacial score (nSPS) is 22.1. The fraction of sp³-hybridized carbons (Fsp3) is 0.500. The van der Waals surface area contributed by atoms with Gasteiger partial charge in [-0.2, -0.15) is 4.98 Å². The Labute approximate surface area is 124 Å². The second-order valence-electron chi connectivity index (χ2n) is 5.77. The predicted molar refractivity (Wildman–Crippen MR) is 79.4 cm³/mol. The maximum Gasteiger partial charge on any atom is 0.233 e. The molecule has 1 unspecified atom stereocenters. The number of nitrogens with zero attached hydrogens (tertiary/aromatic N) is 2. The van der Waals surface area contributed by atoms with Crippen LogP contribution in [0.25, 0.3) is 0 Å². The number of aromatic nitrogens is 2. The topological polar surface area (TPSA) is 60.2 Å². The molecule has 0 amide bonds. The summed E-state index contributed by atoms with van der Waals surface area (Å²) in [4.78, 5) is 4.54. The maximum absolute atomic E-state index is 5.66. The molecule has 1 N–H and O–H groups in total. The summed E-state index contributed by atoms with van der Waals surface area (Å²) in [5.41, 5.74) is -0.0379. The van der Waals surface area contributed by atoms with Crippen molar-refractivity contribution in [1.29, 1.82) is 0 Å². The third-order valence-corrected chi connectivity index (χ3v) is 3.92. The van der Waals surface area contributed by atoms with E-state index < -0.39 is 0 Å². The van der Waals surface area contributed by atoms with Gasteiger partial charge in [-0.25, -0.2) is 0 Å². The van der Waals surface area contributed by atoms with Crippen LogP contribution in [0.3, 0.4) is 0 Å². The van der Waals surface area contributed by atoms with Crippen LogP contribution >= 0.6 is 0 Å². The first-order valence-corrected chi connectivity index (χ1v) is 7.48. The van der Waals surface area contributed by atoms with Gasteiger partial charge < -0.3 is 14.6 Å². The van der Waals surface area contributed by atoms with Crippen molar-refractivity contribution in [3.8, 4) is 5.75 Å². The average Bonchev–Trinajstić information content (AvgIpc) is 2.99. The molecule has 1 aliphatic heterocycles. The highest BCUT2D eigenvalue weighted by atomic mass is 16.5. The quantitative estimate of drug-likeness (QED) is 0.914. The summed E-state index contributed by atoms with van der Waals surface area (Å²) in [5, 5.41) is 7.47. The lowest BCUT2D eigenvalue weighted by Crippen LogP contribution is -2.41. The van der Waals surface area contributed by atoms with Crippen molar-refractivity contribution in [2.24, 2.45) is 0 Å². The predicted octanol–water partition coefficient (Wildman–Crippen LogP) is 2.33. The number of nitrogens with one attached hydrogen (secondary N) is 1. The van der Waals surface area contributed by atoms with Gasteiger partial charge in [-0.15, -0.1) is 0 Å². The van der Waals surface area contributed by atoms with Crippen LogP contribution in [0.5, 0.6) is 5.75 Å². The van der Waals surface area contributed by atoms with Crippen molar-refractivity contribution in [1.82, 2.24) is 15.5 Å².